The number of hydrogen-bond acceptors (Lipinski definition) is 1. The zero-order valence-electron chi connectivity index (χ0n) is 5.89. The van der Waals surface area contributed by atoms with Gasteiger partial charge in [0.05, 0.1) is 0 Å². The van der Waals surface area contributed by atoms with Crippen molar-refractivity contribution in [2.45, 2.75) is 20.3 Å². The van der Waals surface area contributed by atoms with Crippen LogP contribution in [-0.2, 0) is 0 Å². The van der Waals surface area contributed by atoms with Crippen LogP contribution in [0.4, 0.5) is 0 Å². The second-order valence-electron chi connectivity index (χ2n) is 2.45. The first kappa shape index (κ1) is 9.43. The van der Waals surface area contributed by atoms with Gasteiger partial charge in [-0.15, -0.1) is 0 Å². The lowest BCUT2D eigenvalue weighted by molar-refractivity contribution is 0.237. The number of allylic oxidation sites excluding steroid dienone is 1. The van der Waals surface area contributed by atoms with Crippen molar-refractivity contribution in [2.75, 3.05) is 6.61 Å². The largest absolute Gasteiger partial charge is 0.396 e. The molecule has 0 bridgehead atoms. The molecule has 0 unspecified atom stereocenters. The zero-order chi connectivity index (χ0) is 7.28. The average molecular weight is 240 g/mol. The van der Waals surface area contributed by atoms with Gasteiger partial charge in [0.2, 0.25) is 0 Å². The maximum Gasteiger partial charge on any atom is 0.0459 e. The first-order valence-electron chi connectivity index (χ1n) is 3.07. The van der Waals surface area contributed by atoms with Gasteiger partial charge in [-0.1, -0.05) is 35.1 Å². The van der Waals surface area contributed by atoms with E-state index < -0.39 is 0 Å². The van der Waals surface area contributed by atoms with Gasteiger partial charge in [0, 0.05) is 6.61 Å². The van der Waals surface area contributed by atoms with Gasteiger partial charge >= 0.3 is 0 Å². The predicted molar refractivity (Wildman–Crippen MR) is 48.6 cm³/mol. The number of hydrogen-bond donors (Lipinski definition) is 1. The summed E-state index contributed by atoms with van der Waals surface area (Å²) >= 11 is 2.22. The minimum Gasteiger partial charge on any atom is -0.396 e. The van der Waals surface area contributed by atoms with Crippen LogP contribution in [0.15, 0.2) is 9.66 Å². The first-order chi connectivity index (χ1) is 4.20. The standard InChI is InChI=1S/C7H13IO/c1-6(4-8)3-7(2)5-9/h4,7,9H,3,5H2,1-2H3/b6-4+/t7-/m0/s1. The Hall–Kier alpha value is 0.430. The molecule has 2 heteroatoms. The third kappa shape index (κ3) is 4.90. The minimum atomic E-state index is 0.293. The van der Waals surface area contributed by atoms with E-state index in [0.29, 0.717) is 12.5 Å². The van der Waals surface area contributed by atoms with Crippen LogP contribution in [0.2, 0.25) is 0 Å². The van der Waals surface area contributed by atoms with Crippen molar-refractivity contribution in [1.29, 1.82) is 0 Å². The van der Waals surface area contributed by atoms with E-state index in [-0.39, 0.29) is 0 Å². The molecule has 0 aliphatic carbocycles. The molecule has 9 heavy (non-hydrogen) atoms. The third-order valence-corrected chi connectivity index (χ3v) is 2.23. The summed E-state index contributed by atoms with van der Waals surface area (Å²) in [7, 11) is 0. The van der Waals surface area contributed by atoms with Crippen LogP contribution in [0.25, 0.3) is 0 Å². The van der Waals surface area contributed by atoms with Crippen LogP contribution >= 0.6 is 22.6 Å². The Morgan fingerprint density at radius 1 is 1.78 bits per heavy atom. The highest BCUT2D eigenvalue weighted by atomic mass is 127. The maximum absolute atomic E-state index is 8.65. The molecule has 0 amide bonds. The van der Waals surface area contributed by atoms with E-state index in [0.717, 1.165) is 6.42 Å². The second-order valence-corrected chi connectivity index (χ2v) is 3.07. The van der Waals surface area contributed by atoms with Gasteiger partial charge in [0.25, 0.3) is 0 Å². The number of aliphatic hydroxyl groups excluding tert-OH is 1. The van der Waals surface area contributed by atoms with Crippen molar-refractivity contribution >= 4 is 22.6 Å². The van der Waals surface area contributed by atoms with Crippen molar-refractivity contribution in [2.24, 2.45) is 5.92 Å². The molecule has 0 radical (unpaired) electrons. The van der Waals surface area contributed by atoms with Crippen molar-refractivity contribution < 1.29 is 5.11 Å². The van der Waals surface area contributed by atoms with Gasteiger partial charge in [0.15, 0.2) is 0 Å². The lowest BCUT2D eigenvalue weighted by atomic mass is 10.1. The van der Waals surface area contributed by atoms with E-state index in [2.05, 4.69) is 33.6 Å². The SMILES string of the molecule is C/C(=C\I)C[C@H](C)CO. The topological polar surface area (TPSA) is 20.2 Å². The fourth-order valence-electron chi connectivity index (χ4n) is 0.659. The molecule has 0 fully saturated rings. The van der Waals surface area contributed by atoms with Crippen LogP contribution in [0.1, 0.15) is 20.3 Å². The number of halogens is 1. The summed E-state index contributed by atoms with van der Waals surface area (Å²) in [6.07, 6.45) is 1.01. The Labute approximate surface area is 70.3 Å². The summed E-state index contributed by atoms with van der Waals surface area (Å²) in [6.45, 7) is 4.42. The quantitative estimate of drug-likeness (QED) is 0.750. The van der Waals surface area contributed by atoms with E-state index in [9.17, 15) is 0 Å². The monoisotopic (exact) mass is 240 g/mol. The van der Waals surface area contributed by atoms with Crippen LogP contribution < -0.4 is 0 Å². The molecule has 0 heterocycles. The Bertz CT molecular complexity index is 99.1. The van der Waals surface area contributed by atoms with E-state index in [1.165, 1.54) is 5.57 Å². The van der Waals surface area contributed by atoms with Gasteiger partial charge in [0.1, 0.15) is 0 Å². The molecule has 0 saturated heterocycles. The summed E-state index contributed by atoms with van der Waals surface area (Å²) in [5.74, 6) is 0.413. The normalized spacial score (nSPS) is 15.8. The maximum atomic E-state index is 8.65. The van der Waals surface area contributed by atoms with Gasteiger partial charge in [-0.2, -0.15) is 0 Å². The molecule has 1 nitrogen and oxygen atoms in total. The molecular formula is C7H13IO. The molecule has 0 aliphatic heterocycles. The number of rotatable bonds is 3. The van der Waals surface area contributed by atoms with E-state index >= 15 is 0 Å². The van der Waals surface area contributed by atoms with Gasteiger partial charge in [-0.05, 0) is 23.3 Å². The molecule has 54 valence electrons. The molecule has 0 aliphatic rings. The Morgan fingerprint density at radius 3 is 2.67 bits per heavy atom. The summed E-state index contributed by atoms with van der Waals surface area (Å²) in [4.78, 5) is 0. The van der Waals surface area contributed by atoms with Crippen molar-refractivity contribution in [1.82, 2.24) is 0 Å². The molecule has 1 N–H and O–H groups in total. The average Bonchev–Trinajstić information content (AvgIpc) is 1.87. The summed E-state index contributed by atoms with van der Waals surface area (Å²) < 4.78 is 2.06. The van der Waals surface area contributed by atoms with Crippen molar-refractivity contribution in [3.63, 3.8) is 0 Å². The third-order valence-electron chi connectivity index (χ3n) is 1.17. The lowest BCUT2D eigenvalue weighted by Crippen LogP contribution is -1.99. The molecular weight excluding hydrogens is 227 g/mol. The first-order valence-corrected chi connectivity index (χ1v) is 4.32. The van der Waals surface area contributed by atoms with Crippen LogP contribution in [0.3, 0.4) is 0 Å². The zero-order valence-corrected chi connectivity index (χ0v) is 8.05. The Balaban J connectivity index is 3.47. The summed E-state index contributed by atoms with van der Waals surface area (Å²) in [5.41, 5.74) is 1.34. The predicted octanol–water partition coefficient (Wildman–Crippen LogP) is 2.34. The van der Waals surface area contributed by atoms with Gasteiger partial charge in [-0.3, -0.25) is 0 Å². The van der Waals surface area contributed by atoms with Crippen LogP contribution in [0, 0.1) is 5.92 Å². The minimum absolute atomic E-state index is 0.293. The van der Waals surface area contributed by atoms with Crippen LogP contribution in [0.5, 0.6) is 0 Å². The Kier molecular flexibility index (Phi) is 5.48. The molecule has 0 spiro atoms. The van der Waals surface area contributed by atoms with Crippen molar-refractivity contribution in [3.8, 4) is 0 Å². The second kappa shape index (κ2) is 5.23. The fourth-order valence-corrected chi connectivity index (χ4v) is 0.913. The fraction of sp³-hybridized carbons (Fsp3) is 0.714. The highest BCUT2D eigenvalue weighted by molar-refractivity contribution is 14.1. The molecule has 0 aromatic heterocycles. The van der Waals surface area contributed by atoms with E-state index in [1.807, 2.05) is 6.92 Å². The smallest absolute Gasteiger partial charge is 0.0459 e. The lowest BCUT2D eigenvalue weighted by Gasteiger charge is -2.05. The molecule has 1 atom stereocenters. The highest BCUT2D eigenvalue weighted by Crippen LogP contribution is 2.11. The van der Waals surface area contributed by atoms with E-state index in [1.54, 1.807) is 0 Å². The summed E-state index contributed by atoms with van der Waals surface area (Å²) in [6, 6.07) is 0. The highest BCUT2D eigenvalue weighted by Gasteiger charge is 1.98. The van der Waals surface area contributed by atoms with Crippen LogP contribution in [-0.4, -0.2) is 11.7 Å². The molecule has 0 aromatic rings. The van der Waals surface area contributed by atoms with Gasteiger partial charge in [-0.25, -0.2) is 0 Å². The summed E-state index contributed by atoms with van der Waals surface area (Å²) in [5, 5.41) is 8.65. The number of aliphatic hydroxyl groups is 1. The molecule has 0 saturated carbocycles. The van der Waals surface area contributed by atoms with Gasteiger partial charge < -0.3 is 5.11 Å². The molecule has 0 rings (SSSR count). The molecule has 0 aromatic carbocycles. The van der Waals surface area contributed by atoms with Crippen molar-refractivity contribution in [3.05, 3.63) is 9.66 Å². The van der Waals surface area contributed by atoms with E-state index in [4.69, 9.17) is 5.11 Å². The Morgan fingerprint density at radius 2 is 2.33 bits per heavy atom.